The van der Waals surface area contributed by atoms with E-state index in [1.165, 1.54) is 0 Å². The number of ketones is 1. The molecular weight excluding hydrogens is 380 g/mol. The highest BCUT2D eigenvalue weighted by molar-refractivity contribution is 6.46. The molecule has 0 bridgehead atoms. The van der Waals surface area contributed by atoms with Crippen LogP contribution in [0.25, 0.3) is 5.76 Å². The van der Waals surface area contributed by atoms with Crippen LogP contribution in [-0.4, -0.2) is 60.9 Å². The first-order chi connectivity index (χ1) is 14.3. The Labute approximate surface area is 177 Å². The lowest BCUT2D eigenvalue weighted by atomic mass is 9.94. The van der Waals surface area contributed by atoms with E-state index in [0.29, 0.717) is 17.9 Å². The second-order valence-corrected chi connectivity index (χ2v) is 7.74. The summed E-state index contributed by atoms with van der Waals surface area (Å²) in [7, 11) is 5.51. The molecule has 1 atom stereocenters. The molecule has 1 fully saturated rings. The summed E-state index contributed by atoms with van der Waals surface area (Å²) in [4.78, 5) is 29.5. The molecule has 0 radical (unpaired) electrons. The van der Waals surface area contributed by atoms with Crippen molar-refractivity contribution in [1.82, 2.24) is 9.80 Å². The maximum absolute atomic E-state index is 13.0. The number of Topliss-reactive ketones (excluding diaryl/α,β-unsaturated/α-hetero) is 1. The van der Waals surface area contributed by atoms with E-state index in [0.717, 1.165) is 24.1 Å². The van der Waals surface area contributed by atoms with Gasteiger partial charge in [-0.3, -0.25) is 9.59 Å². The minimum absolute atomic E-state index is 0.129. The number of ether oxygens (including phenoxy) is 1. The molecule has 30 heavy (non-hydrogen) atoms. The van der Waals surface area contributed by atoms with Gasteiger partial charge in [0, 0.05) is 12.1 Å². The summed E-state index contributed by atoms with van der Waals surface area (Å²) in [6, 6.07) is 14.0. The minimum atomic E-state index is -0.651. The van der Waals surface area contributed by atoms with E-state index in [-0.39, 0.29) is 11.3 Å². The SMILES string of the molecule is COc1ccc(C(O)=C2C(=O)C(=O)N(CCCN(C)C)[C@H]2c2ccccc2)c(C)c1. The van der Waals surface area contributed by atoms with E-state index in [4.69, 9.17) is 4.74 Å². The van der Waals surface area contributed by atoms with E-state index in [9.17, 15) is 14.7 Å². The van der Waals surface area contributed by atoms with Crippen LogP contribution in [0.4, 0.5) is 0 Å². The Morgan fingerprint density at radius 1 is 1.13 bits per heavy atom. The number of hydrogen-bond acceptors (Lipinski definition) is 5. The van der Waals surface area contributed by atoms with Crippen molar-refractivity contribution in [3.05, 3.63) is 70.8 Å². The summed E-state index contributed by atoms with van der Waals surface area (Å²) >= 11 is 0. The zero-order valence-corrected chi connectivity index (χ0v) is 17.9. The van der Waals surface area contributed by atoms with Gasteiger partial charge in [-0.05, 0) is 63.3 Å². The summed E-state index contributed by atoms with van der Waals surface area (Å²) < 4.78 is 5.23. The highest BCUT2D eigenvalue weighted by Crippen LogP contribution is 2.40. The molecule has 1 aliphatic rings. The molecule has 2 aromatic rings. The van der Waals surface area contributed by atoms with Gasteiger partial charge in [-0.1, -0.05) is 30.3 Å². The van der Waals surface area contributed by atoms with Crippen LogP contribution in [0.15, 0.2) is 54.1 Å². The number of carbonyl (C=O) groups excluding carboxylic acids is 2. The molecule has 1 N–H and O–H groups in total. The molecule has 1 aliphatic heterocycles. The molecule has 2 aromatic carbocycles. The second-order valence-electron chi connectivity index (χ2n) is 7.74. The summed E-state index contributed by atoms with van der Waals surface area (Å²) in [5, 5.41) is 11.1. The molecule has 3 rings (SSSR count). The van der Waals surface area contributed by atoms with Crippen molar-refractivity contribution in [3.63, 3.8) is 0 Å². The Kier molecular flexibility index (Phi) is 6.57. The van der Waals surface area contributed by atoms with Crippen LogP contribution in [-0.2, 0) is 9.59 Å². The fraction of sp³-hybridized carbons (Fsp3) is 0.333. The smallest absolute Gasteiger partial charge is 0.295 e. The molecule has 1 heterocycles. The van der Waals surface area contributed by atoms with E-state index < -0.39 is 17.7 Å². The Morgan fingerprint density at radius 3 is 2.43 bits per heavy atom. The van der Waals surface area contributed by atoms with Crippen molar-refractivity contribution in [2.24, 2.45) is 0 Å². The number of hydrogen-bond donors (Lipinski definition) is 1. The van der Waals surface area contributed by atoms with Crippen molar-refractivity contribution in [3.8, 4) is 5.75 Å². The molecule has 0 aromatic heterocycles. The quantitative estimate of drug-likeness (QED) is 0.432. The first kappa shape index (κ1) is 21.6. The van der Waals surface area contributed by atoms with E-state index in [1.807, 2.05) is 56.3 Å². The topological polar surface area (TPSA) is 70.1 Å². The normalized spacial score (nSPS) is 18.3. The lowest BCUT2D eigenvalue weighted by molar-refractivity contribution is -0.139. The molecule has 158 valence electrons. The zero-order valence-electron chi connectivity index (χ0n) is 17.9. The van der Waals surface area contributed by atoms with Gasteiger partial charge in [-0.25, -0.2) is 0 Å². The van der Waals surface area contributed by atoms with Gasteiger partial charge in [0.25, 0.3) is 11.7 Å². The van der Waals surface area contributed by atoms with Crippen LogP contribution >= 0.6 is 0 Å². The largest absolute Gasteiger partial charge is 0.507 e. The number of rotatable bonds is 7. The fourth-order valence-electron chi connectivity index (χ4n) is 3.82. The van der Waals surface area contributed by atoms with Gasteiger partial charge < -0.3 is 19.6 Å². The first-order valence-corrected chi connectivity index (χ1v) is 9.98. The molecule has 1 saturated heterocycles. The summed E-state index contributed by atoms with van der Waals surface area (Å²) in [5.74, 6) is -0.720. The monoisotopic (exact) mass is 408 g/mol. The highest BCUT2D eigenvalue weighted by atomic mass is 16.5. The zero-order chi connectivity index (χ0) is 21.8. The average molecular weight is 408 g/mol. The van der Waals surface area contributed by atoms with Gasteiger partial charge >= 0.3 is 0 Å². The van der Waals surface area contributed by atoms with Crippen molar-refractivity contribution >= 4 is 17.4 Å². The van der Waals surface area contributed by atoms with E-state index in [1.54, 1.807) is 30.2 Å². The average Bonchev–Trinajstić information content (AvgIpc) is 2.98. The third-order valence-electron chi connectivity index (χ3n) is 5.35. The number of amides is 1. The first-order valence-electron chi connectivity index (χ1n) is 9.98. The van der Waals surface area contributed by atoms with Crippen molar-refractivity contribution in [2.75, 3.05) is 34.3 Å². The predicted octanol–water partition coefficient (Wildman–Crippen LogP) is 3.38. The third-order valence-corrected chi connectivity index (χ3v) is 5.35. The number of benzene rings is 2. The molecular formula is C24H28N2O4. The van der Waals surface area contributed by atoms with Gasteiger partial charge in [0.15, 0.2) is 0 Å². The number of nitrogens with zero attached hydrogens (tertiary/aromatic N) is 2. The Morgan fingerprint density at radius 2 is 1.83 bits per heavy atom. The number of aliphatic hydroxyl groups excluding tert-OH is 1. The van der Waals surface area contributed by atoms with Crippen LogP contribution in [0.3, 0.4) is 0 Å². The number of likely N-dealkylation sites (tertiary alicyclic amines) is 1. The van der Waals surface area contributed by atoms with Crippen LogP contribution in [0.1, 0.15) is 29.2 Å². The Bertz CT molecular complexity index is 966. The molecule has 0 saturated carbocycles. The third kappa shape index (κ3) is 4.24. The molecule has 0 aliphatic carbocycles. The maximum atomic E-state index is 13.0. The number of aryl methyl sites for hydroxylation is 1. The lowest BCUT2D eigenvalue weighted by Gasteiger charge is -2.26. The molecule has 0 unspecified atom stereocenters. The number of aliphatic hydroxyl groups is 1. The van der Waals surface area contributed by atoms with Gasteiger partial charge in [0.1, 0.15) is 11.5 Å². The standard InChI is InChI=1S/C24H28N2O4/c1-16-15-18(30-4)11-12-19(16)22(27)20-21(17-9-6-5-7-10-17)26(24(29)23(20)28)14-8-13-25(2)3/h5-7,9-12,15,21,27H,8,13-14H2,1-4H3/t21-/m0/s1. The van der Waals surface area contributed by atoms with Gasteiger partial charge in [0.2, 0.25) is 0 Å². The van der Waals surface area contributed by atoms with Gasteiger partial charge in [-0.2, -0.15) is 0 Å². The Balaban J connectivity index is 2.09. The van der Waals surface area contributed by atoms with Crippen LogP contribution in [0.5, 0.6) is 5.75 Å². The Hall–Kier alpha value is -3.12. The van der Waals surface area contributed by atoms with E-state index >= 15 is 0 Å². The predicted molar refractivity (Wildman–Crippen MR) is 116 cm³/mol. The summed E-state index contributed by atoms with van der Waals surface area (Å²) in [6.07, 6.45) is 0.727. The summed E-state index contributed by atoms with van der Waals surface area (Å²) in [6.45, 7) is 3.06. The van der Waals surface area contributed by atoms with E-state index in [2.05, 4.69) is 0 Å². The van der Waals surface area contributed by atoms with Crippen molar-refractivity contribution < 1.29 is 19.4 Å². The van der Waals surface area contributed by atoms with Crippen LogP contribution in [0, 0.1) is 6.92 Å². The van der Waals surface area contributed by atoms with Crippen molar-refractivity contribution in [2.45, 2.75) is 19.4 Å². The second kappa shape index (κ2) is 9.13. The molecule has 6 nitrogen and oxygen atoms in total. The van der Waals surface area contributed by atoms with Gasteiger partial charge in [0.05, 0.1) is 18.7 Å². The number of methoxy groups -OCH3 is 1. The van der Waals surface area contributed by atoms with Crippen LogP contribution in [0.2, 0.25) is 0 Å². The molecule has 6 heteroatoms. The lowest BCUT2D eigenvalue weighted by Crippen LogP contribution is -2.32. The minimum Gasteiger partial charge on any atom is -0.507 e. The maximum Gasteiger partial charge on any atom is 0.295 e. The molecule has 1 amide bonds. The summed E-state index contributed by atoms with van der Waals surface area (Å²) in [5.41, 5.74) is 2.21. The fourth-order valence-corrected chi connectivity index (χ4v) is 3.82. The van der Waals surface area contributed by atoms with Crippen LogP contribution < -0.4 is 4.74 Å². The van der Waals surface area contributed by atoms with Gasteiger partial charge in [-0.15, -0.1) is 0 Å². The number of carbonyl (C=O) groups is 2. The highest BCUT2D eigenvalue weighted by Gasteiger charge is 2.45. The van der Waals surface area contributed by atoms with Crippen molar-refractivity contribution in [1.29, 1.82) is 0 Å². The molecule has 0 spiro atoms.